The summed E-state index contributed by atoms with van der Waals surface area (Å²) < 4.78 is 12.4. The number of nitrogens with one attached hydrogen (secondary N) is 1. The summed E-state index contributed by atoms with van der Waals surface area (Å²) in [7, 11) is 3.20. The summed E-state index contributed by atoms with van der Waals surface area (Å²) in [6.07, 6.45) is 9.30. The van der Waals surface area contributed by atoms with Crippen molar-refractivity contribution in [1.29, 1.82) is 0 Å². The lowest BCUT2D eigenvalue weighted by atomic mass is 10.1. The van der Waals surface area contributed by atoms with Crippen LogP contribution in [0.1, 0.15) is 24.8 Å². The van der Waals surface area contributed by atoms with E-state index in [1.807, 2.05) is 30.5 Å². The number of carbonyl (C=O) groups excluding carboxylic acids is 1. The Hall–Kier alpha value is -3.62. The van der Waals surface area contributed by atoms with Crippen LogP contribution in [0, 0.1) is 0 Å². The van der Waals surface area contributed by atoms with Gasteiger partial charge in [0.15, 0.2) is 11.5 Å². The molecule has 9 heteroatoms. The molecule has 4 rings (SSSR count). The van der Waals surface area contributed by atoms with Gasteiger partial charge in [0, 0.05) is 44.1 Å². The SMILES string of the molecule is COc1ccc(CNC(=O)CC2CCCN2c2ccnc(-n3ccnc3)n2)cc1OC. The van der Waals surface area contributed by atoms with Gasteiger partial charge in [0.25, 0.3) is 0 Å². The number of hydrogen-bond donors (Lipinski definition) is 1. The first kappa shape index (κ1) is 20.6. The molecule has 0 spiro atoms. The Morgan fingerprint density at radius 3 is 2.84 bits per heavy atom. The van der Waals surface area contributed by atoms with Crippen molar-refractivity contribution >= 4 is 11.7 Å². The molecule has 1 aromatic carbocycles. The van der Waals surface area contributed by atoms with E-state index in [4.69, 9.17) is 9.47 Å². The molecule has 1 unspecified atom stereocenters. The standard InChI is InChI=1S/C22H26N6O3/c1-30-18-6-5-16(12-19(18)31-2)14-25-21(29)13-17-4-3-10-28(17)20-7-8-24-22(26-20)27-11-9-23-15-27/h5-9,11-12,15,17H,3-4,10,13-14H2,1-2H3,(H,25,29). The van der Waals surface area contributed by atoms with Gasteiger partial charge >= 0.3 is 0 Å². The number of benzene rings is 1. The first-order valence-corrected chi connectivity index (χ1v) is 10.2. The van der Waals surface area contributed by atoms with Crippen LogP contribution in [-0.4, -0.2) is 52.2 Å². The molecule has 1 aliphatic heterocycles. The van der Waals surface area contributed by atoms with Crippen molar-refractivity contribution in [3.05, 3.63) is 54.7 Å². The zero-order chi connectivity index (χ0) is 21.6. The quantitative estimate of drug-likeness (QED) is 0.595. The highest BCUT2D eigenvalue weighted by Gasteiger charge is 2.28. The first-order chi connectivity index (χ1) is 15.2. The summed E-state index contributed by atoms with van der Waals surface area (Å²) in [5, 5.41) is 3.01. The third-order valence-corrected chi connectivity index (χ3v) is 5.39. The van der Waals surface area contributed by atoms with E-state index < -0.39 is 0 Å². The van der Waals surface area contributed by atoms with Crippen molar-refractivity contribution < 1.29 is 14.3 Å². The predicted molar refractivity (Wildman–Crippen MR) is 116 cm³/mol. The van der Waals surface area contributed by atoms with Gasteiger partial charge in [0.2, 0.25) is 11.9 Å². The predicted octanol–water partition coefficient (Wildman–Crippen LogP) is 2.35. The molecule has 3 aromatic rings. The second-order valence-electron chi connectivity index (χ2n) is 7.34. The molecular formula is C22H26N6O3. The maximum Gasteiger partial charge on any atom is 0.236 e. The van der Waals surface area contributed by atoms with Crippen molar-refractivity contribution in [2.45, 2.75) is 31.8 Å². The molecule has 0 radical (unpaired) electrons. The number of ether oxygens (including phenoxy) is 2. The average Bonchev–Trinajstić information content (AvgIpc) is 3.50. The number of amides is 1. The third-order valence-electron chi connectivity index (χ3n) is 5.39. The normalized spacial score (nSPS) is 15.7. The molecule has 9 nitrogen and oxygen atoms in total. The molecule has 1 saturated heterocycles. The van der Waals surface area contributed by atoms with E-state index in [0.717, 1.165) is 30.8 Å². The molecule has 1 atom stereocenters. The van der Waals surface area contributed by atoms with Crippen LogP contribution >= 0.6 is 0 Å². The number of carbonyl (C=O) groups is 1. The Morgan fingerprint density at radius 1 is 1.19 bits per heavy atom. The van der Waals surface area contributed by atoms with Gasteiger partial charge in [-0.05, 0) is 36.6 Å². The van der Waals surface area contributed by atoms with Crippen LogP contribution in [0.2, 0.25) is 0 Å². The fourth-order valence-corrected chi connectivity index (χ4v) is 3.83. The van der Waals surface area contributed by atoms with Crippen LogP contribution in [0.4, 0.5) is 5.82 Å². The topological polar surface area (TPSA) is 94.4 Å². The number of aromatic nitrogens is 4. The maximum atomic E-state index is 12.6. The van der Waals surface area contributed by atoms with Gasteiger partial charge in [0.1, 0.15) is 12.1 Å². The van der Waals surface area contributed by atoms with E-state index in [-0.39, 0.29) is 11.9 Å². The van der Waals surface area contributed by atoms with Crippen LogP contribution in [0.3, 0.4) is 0 Å². The van der Waals surface area contributed by atoms with Crippen LogP contribution in [-0.2, 0) is 11.3 Å². The molecule has 162 valence electrons. The monoisotopic (exact) mass is 422 g/mol. The van der Waals surface area contributed by atoms with Gasteiger partial charge in [-0.1, -0.05) is 6.07 Å². The van der Waals surface area contributed by atoms with Crippen molar-refractivity contribution in [1.82, 2.24) is 24.8 Å². The fourth-order valence-electron chi connectivity index (χ4n) is 3.83. The van der Waals surface area contributed by atoms with Gasteiger partial charge in [-0.15, -0.1) is 0 Å². The number of methoxy groups -OCH3 is 2. The minimum absolute atomic E-state index is 0.00979. The van der Waals surface area contributed by atoms with Crippen LogP contribution in [0.25, 0.3) is 5.95 Å². The Morgan fingerprint density at radius 2 is 2.06 bits per heavy atom. The maximum absolute atomic E-state index is 12.6. The molecule has 1 fully saturated rings. The summed E-state index contributed by atoms with van der Waals surface area (Å²) >= 11 is 0. The molecule has 1 amide bonds. The Bertz CT molecular complexity index is 1020. The van der Waals surface area contributed by atoms with Crippen LogP contribution < -0.4 is 19.7 Å². The van der Waals surface area contributed by atoms with Crippen molar-refractivity contribution in [2.24, 2.45) is 0 Å². The van der Waals surface area contributed by atoms with Crippen molar-refractivity contribution in [2.75, 3.05) is 25.7 Å². The highest BCUT2D eigenvalue weighted by atomic mass is 16.5. The van der Waals surface area contributed by atoms with Gasteiger partial charge in [-0.2, -0.15) is 4.98 Å². The van der Waals surface area contributed by atoms with E-state index >= 15 is 0 Å². The Kier molecular flexibility index (Phi) is 6.30. The minimum atomic E-state index is 0.00979. The first-order valence-electron chi connectivity index (χ1n) is 10.2. The average molecular weight is 422 g/mol. The van der Waals surface area contributed by atoms with Crippen molar-refractivity contribution in [3.63, 3.8) is 0 Å². The van der Waals surface area contributed by atoms with E-state index in [9.17, 15) is 4.79 Å². The van der Waals surface area contributed by atoms with E-state index in [1.165, 1.54) is 0 Å². The number of nitrogens with zero attached hydrogens (tertiary/aromatic N) is 5. The summed E-state index contributed by atoms with van der Waals surface area (Å²) in [6, 6.07) is 7.63. The van der Waals surface area contributed by atoms with Crippen LogP contribution in [0.5, 0.6) is 11.5 Å². The third kappa shape index (κ3) is 4.76. The number of imidazole rings is 1. The fraction of sp³-hybridized carbons (Fsp3) is 0.364. The summed E-state index contributed by atoms with van der Waals surface area (Å²) in [4.78, 5) is 27.9. The van der Waals surface area contributed by atoms with Gasteiger partial charge in [-0.3, -0.25) is 9.36 Å². The summed E-state index contributed by atoms with van der Waals surface area (Å²) in [6.45, 7) is 1.30. The smallest absolute Gasteiger partial charge is 0.236 e. The Balaban J connectivity index is 1.38. The highest BCUT2D eigenvalue weighted by Crippen LogP contribution is 2.28. The lowest BCUT2D eigenvalue weighted by Crippen LogP contribution is -2.35. The molecule has 3 heterocycles. The zero-order valence-electron chi connectivity index (χ0n) is 17.7. The Labute approximate surface area is 181 Å². The molecule has 0 saturated carbocycles. The highest BCUT2D eigenvalue weighted by molar-refractivity contribution is 5.77. The zero-order valence-corrected chi connectivity index (χ0v) is 17.7. The summed E-state index contributed by atoms with van der Waals surface area (Å²) in [5.41, 5.74) is 0.954. The van der Waals surface area contributed by atoms with E-state index in [0.29, 0.717) is 30.4 Å². The molecule has 2 aromatic heterocycles. The van der Waals surface area contributed by atoms with Crippen LogP contribution in [0.15, 0.2) is 49.2 Å². The van der Waals surface area contributed by atoms with Gasteiger partial charge < -0.3 is 19.7 Å². The van der Waals surface area contributed by atoms with E-state index in [1.54, 1.807) is 37.5 Å². The molecule has 0 bridgehead atoms. The van der Waals surface area contributed by atoms with Gasteiger partial charge in [0.05, 0.1) is 14.2 Å². The number of rotatable bonds is 8. The lowest BCUT2D eigenvalue weighted by Gasteiger charge is -2.25. The second-order valence-corrected chi connectivity index (χ2v) is 7.34. The number of anilines is 1. The second kappa shape index (κ2) is 9.46. The molecule has 31 heavy (non-hydrogen) atoms. The summed E-state index contributed by atoms with van der Waals surface area (Å²) in [5.74, 6) is 2.72. The van der Waals surface area contributed by atoms with Crippen molar-refractivity contribution in [3.8, 4) is 17.4 Å². The minimum Gasteiger partial charge on any atom is -0.493 e. The largest absolute Gasteiger partial charge is 0.493 e. The van der Waals surface area contributed by atoms with E-state index in [2.05, 4.69) is 25.2 Å². The molecule has 1 N–H and O–H groups in total. The van der Waals surface area contributed by atoms with Gasteiger partial charge in [-0.25, -0.2) is 9.97 Å². The lowest BCUT2D eigenvalue weighted by molar-refractivity contribution is -0.121. The molecule has 1 aliphatic rings. The molecular weight excluding hydrogens is 396 g/mol. The number of hydrogen-bond acceptors (Lipinski definition) is 7. The molecule has 0 aliphatic carbocycles.